The molecule has 0 bridgehead atoms. The van der Waals surface area contributed by atoms with Crippen molar-refractivity contribution in [1.82, 2.24) is 4.57 Å². The highest BCUT2D eigenvalue weighted by Gasteiger charge is 1.99. The molecule has 0 saturated heterocycles. The van der Waals surface area contributed by atoms with Crippen LogP contribution in [-0.4, -0.2) is 17.3 Å². The van der Waals surface area contributed by atoms with E-state index >= 15 is 0 Å². The highest BCUT2D eigenvalue weighted by atomic mass is 15.0. The third-order valence-electron chi connectivity index (χ3n) is 2.89. The Morgan fingerprint density at radius 3 is 2.94 bits per heavy atom. The van der Waals surface area contributed by atoms with E-state index < -0.39 is 0 Å². The van der Waals surface area contributed by atoms with E-state index in [1.807, 2.05) is 29.1 Å². The maximum absolute atomic E-state index is 7.22. The van der Waals surface area contributed by atoms with Gasteiger partial charge in [0.05, 0.1) is 0 Å². The lowest BCUT2D eigenvalue weighted by Gasteiger charge is -2.08. The lowest BCUT2D eigenvalue weighted by Crippen LogP contribution is -2.01. The molecular formula is C15H19N3. The largest absolute Gasteiger partial charge is 0.385 e. The molecule has 0 aliphatic carbocycles. The zero-order valence-corrected chi connectivity index (χ0v) is 10.7. The first kappa shape index (κ1) is 12.4. The third-order valence-corrected chi connectivity index (χ3v) is 2.89. The standard InChI is InChI=1S/C15H19N3/c1-2-3-8-17-14-5-4-6-15(10-14)18-9-7-13(11-16)12-18/h4-7,9-12,16-17H,2-3,8H2,1H3. The molecule has 0 unspecified atom stereocenters. The van der Waals surface area contributed by atoms with E-state index in [-0.39, 0.29) is 0 Å². The third kappa shape index (κ3) is 3.00. The first-order valence-electron chi connectivity index (χ1n) is 6.36. The number of aromatic nitrogens is 1. The Kier molecular flexibility index (Phi) is 4.18. The normalized spacial score (nSPS) is 10.3. The number of unbranched alkanes of at least 4 members (excludes halogenated alkanes) is 1. The number of nitrogens with one attached hydrogen (secondary N) is 2. The van der Waals surface area contributed by atoms with E-state index in [1.165, 1.54) is 19.1 Å². The molecule has 94 valence electrons. The Hall–Kier alpha value is -2.03. The first-order valence-corrected chi connectivity index (χ1v) is 6.36. The topological polar surface area (TPSA) is 40.8 Å². The van der Waals surface area contributed by atoms with Gasteiger partial charge in [-0.05, 0) is 30.7 Å². The van der Waals surface area contributed by atoms with Crippen LogP contribution in [0.25, 0.3) is 5.69 Å². The number of rotatable bonds is 6. The van der Waals surface area contributed by atoms with Gasteiger partial charge in [0.2, 0.25) is 0 Å². The van der Waals surface area contributed by atoms with Crippen molar-refractivity contribution in [3.05, 3.63) is 48.3 Å². The molecule has 2 N–H and O–H groups in total. The second-order valence-corrected chi connectivity index (χ2v) is 4.33. The van der Waals surface area contributed by atoms with E-state index in [4.69, 9.17) is 5.41 Å². The average molecular weight is 241 g/mol. The summed E-state index contributed by atoms with van der Waals surface area (Å²) in [5.74, 6) is 0. The number of hydrogen-bond donors (Lipinski definition) is 2. The molecule has 0 aliphatic heterocycles. The van der Waals surface area contributed by atoms with Crippen molar-refractivity contribution < 1.29 is 0 Å². The fraction of sp³-hybridized carbons (Fsp3) is 0.267. The summed E-state index contributed by atoms with van der Waals surface area (Å²) >= 11 is 0. The Labute approximate surface area is 108 Å². The molecule has 1 aromatic carbocycles. The number of nitrogens with zero attached hydrogens (tertiary/aromatic N) is 1. The summed E-state index contributed by atoms with van der Waals surface area (Å²) in [6, 6.07) is 10.3. The fourth-order valence-electron chi connectivity index (χ4n) is 1.84. The Morgan fingerprint density at radius 1 is 1.33 bits per heavy atom. The lowest BCUT2D eigenvalue weighted by atomic mass is 10.2. The maximum atomic E-state index is 7.22. The highest BCUT2D eigenvalue weighted by Crippen LogP contribution is 2.15. The Morgan fingerprint density at radius 2 is 2.22 bits per heavy atom. The molecule has 1 aromatic heterocycles. The van der Waals surface area contributed by atoms with Gasteiger partial charge in [-0.2, -0.15) is 0 Å². The van der Waals surface area contributed by atoms with Gasteiger partial charge in [0.15, 0.2) is 0 Å². The van der Waals surface area contributed by atoms with E-state index in [0.717, 1.165) is 23.5 Å². The molecule has 0 saturated carbocycles. The number of anilines is 1. The molecule has 3 heteroatoms. The van der Waals surface area contributed by atoms with Crippen LogP contribution < -0.4 is 5.32 Å². The van der Waals surface area contributed by atoms with Gasteiger partial charge in [-0.1, -0.05) is 19.4 Å². The molecule has 2 rings (SSSR count). The van der Waals surface area contributed by atoms with Crippen LogP contribution in [0.4, 0.5) is 5.69 Å². The van der Waals surface area contributed by atoms with E-state index in [1.54, 1.807) is 0 Å². The predicted molar refractivity (Wildman–Crippen MR) is 77.1 cm³/mol. The minimum atomic E-state index is 0.916. The SMILES string of the molecule is CCCCNc1cccc(-n2ccc(C=N)c2)c1. The summed E-state index contributed by atoms with van der Waals surface area (Å²) in [7, 11) is 0. The molecule has 2 aromatic rings. The molecule has 0 radical (unpaired) electrons. The second kappa shape index (κ2) is 6.05. The summed E-state index contributed by atoms with van der Waals surface area (Å²) in [6.07, 6.45) is 7.68. The van der Waals surface area contributed by atoms with Gasteiger partial charge in [0.25, 0.3) is 0 Å². The molecule has 0 fully saturated rings. The van der Waals surface area contributed by atoms with Crippen LogP contribution in [0.5, 0.6) is 0 Å². The van der Waals surface area contributed by atoms with Gasteiger partial charge in [0.1, 0.15) is 0 Å². The zero-order valence-electron chi connectivity index (χ0n) is 10.7. The van der Waals surface area contributed by atoms with Crippen LogP contribution in [0.1, 0.15) is 25.3 Å². The van der Waals surface area contributed by atoms with Crippen molar-refractivity contribution in [2.75, 3.05) is 11.9 Å². The summed E-state index contributed by atoms with van der Waals surface area (Å²) in [6.45, 7) is 3.20. The maximum Gasteiger partial charge on any atom is 0.0470 e. The number of hydrogen-bond acceptors (Lipinski definition) is 2. The Bertz CT molecular complexity index is 514. The van der Waals surface area contributed by atoms with Crippen molar-refractivity contribution >= 4 is 11.9 Å². The van der Waals surface area contributed by atoms with Crippen LogP contribution in [-0.2, 0) is 0 Å². The van der Waals surface area contributed by atoms with Crippen LogP contribution in [0.3, 0.4) is 0 Å². The monoisotopic (exact) mass is 241 g/mol. The minimum Gasteiger partial charge on any atom is -0.385 e. The van der Waals surface area contributed by atoms with Crippen molar-refractivity contribution in [3.8, 4) is 5.69 Å². The minimum absolute atomic E-state index is 0.916. The highest BCUT2D eigenvalue weighted by molar-refractivity contribution is 5.76. The van der Waals surface area contributed by atoms with Crippen LogP contribution >= 0.6 is 0 Å². The molecule has 0 atom stereocenters. The molecule has 3 nitrogen and oxygen atoms in total. The summed E-state index contributed by atoms with van der Waals surface area (Å²) < 4.78 is 2.03. The van der Waals surface area contributed by atoms with Crippen molar-refractivity contribution in [1.29, 1.82) is 5.41 Å². The van der Waals surface area contributed by atoms with Gasteiger partial charge < -0.3 is 15.3 Å². The molecule has 0 spiro atoms. The quantitative estimate of drug-likeness (QED) is 0.587. The molecular weight excluding hydrogens is 222 g/mol. The fourth-order valence-corrected chi connectivity index (χ4v) is 1.84. The van der Waals surface area contributed by atoms with Gasteiger partial charge in [-0.15, -0.1) is 0 Å². The zero-order chi connectivity index (χ0) is 12.8. The number of benzene rings is 1. The first-order chi connectivity index (χ1) is 8.83. The van der Waals surface area contributed by atoms with Crippen molar-refractivity contribution in [2.45, 2.75) is 19.8 Å². The van der Waals surface area contributed by atoms with Crippen molar-refractivity contribution in [3.63, 3.8) is 0 Å². The Balaban J connectivity index is 2.13. The van der Waals surface area contributed by atoms with E-state index in [9.17, 15) is 0 Å². The second-order valence-electron chi connectivity index (χ2n) is 4.33. The van der Waals surface area contributed by atoms with Crippen LogP contribution in [0, 0.1) is 5.41 Å². The van der Waals surface area contributed by atoms with Gasteiger partial charge in [-0.25, -0.2) is 0 Å². The van der Waals surface area contributed by atoms with Gasteiger partial charge in [-0.3, -0.25) is 0 Å². The lowest BCUT2D eigenvalue weighted by molar-refractivity contribution is 0.834. The van der Waals surface area contributed by atoms with Crippen molar-refractivity contribution in [2.24, 2.45) is 0 Å². The molecule has 0 aliphatic rings. The van der Waals surface area contributed by atoms with Crippen LogP contribution in [0.2, 0.25) is 0 Å². The van der Waals surface area contributed by atoms with Gasteiger partial charge >= 0.3 is 0 Å². The molecule has 1 heterocycles. The van der Waals surface area contributed by atoms with Crippen LogP contribution in [0.15, 0.2) is 42.7 Å². The predicted octanol–water partition coefficient (Wildman–Crippen LogP) is 3.69. The average Bonchev–Trinajstić information content (AvgIpc) is 2.88. The summed E-state index contributed by atoms with van der Waals surface area (Å²) in [5, 5.41) is 10.6. The van der Waals surface area contributed by atoms with E-state index in [2.05, 4.69) is 30.4 Å². The van der Waals surface area contributed by atoms with E-state index in [0.29, 0.717) is 0 Å². The van der Waals surface area contributed by atoms with Gasteiger partial charge in [0, 0.05) is 42.1 Å². The summed E-state index contributed by atoms with van der Waals surface area (Å²) in [5.41, 5.74) is 3.18. The molecule has 0 amide bonds. The molecule has 18 heavy (non-hydrogen) atoms. The summed E-state index contributed by atoms with van der Waals surface area (Å²) in [4.78, 5) is 0. The smallest absolute Gasteiger partial charge is 0.0470 e.